The molecule has 1 N–H and O–H groups in total. The standard InChI is InChI=1S/C24H25N3O5/c1-15(2)14-27-23(31)17-8-7-16(13-19(17)24(27)32)21(29)25-9-11-26(12-10-25)22(30)18-5-3-4-6-20(18)28/h3-8,13,15,28H,9-12,14H2,1-2H3. The van der Waals surface area contributed by atoms with Gasteiger partial charge in [-0.2, -0.15) is 0 Å². The Balaban J connectivity index is 1.44. The molecule has 4 amide bonds. The monoisotopic (exact) mass is 435 g/mol. The van der Waals surface area contributed by atoms with Gasteiger partial charge in [0.2, 0.25) is 0 Å². The van der Waals surface area contributed by atoms with Gasteiger partial charge in [0.05, 0.1) is 16.7 Å². The van der Waals surface area contributed by atoms with E-state index in [9.17, 15) is 24.3 Å². The Morgan fingerprint density at radius 1 is 0.875 bits per heavy atom. The van der Waals surface area contributed by atoms with Crippen molar-refractivity contribution in [2.24, 2.45) is 5.92 Å². The van der Waals surface area contributed by atoms with E-state index >= 15 is 0 Å². The highest BCUT2D eigenvalue weighted by Crippen LogP contribution is 2.26. The second-order valence-electron chi connectivity index (χ2n) is 8.48. The zero-order chi connectivity index (χ0) is 23.0. The number of aromatic hydroxyl groups is 1. The fraction of sp³-hybridized carbons (Fsp3) is 0.333. The molecule has 0 aromatic heterocycles. The number of nitrogens with zero attached hydrogens (tertiary/aromatic N) is 3. The van der Waals surface area contributed by atoms with Crippen LogP contribution >= 0.6 is 0 Å². The second-order valence-corrected chi connectivity index (χ2v) is 8.48. The van der Waals surface area contributed by atoms with Crippen LogP contribution in [0.15, 0.2) is 42.5 Å². The van der Waals surface area contributed by atoms with Crippen LogP contribution in [0.4, 0.5) is 0 Å². The van der Waals surface area contributed by atoms with Crippen molar-refractivity contribution in [3.05, 3.63) is 64.7 Å². The number of hydrogen-bond acceptors (Lipinski definition) is 5. The molecule has 8 heteroatoms. The minimum Gasteiger partial charge on any atom is -0.507 e. The van der Waals surface area contributed by atoms with Crippen LogP contribution in [0.5, 0.6) is 5.75 Å². The van der Waals surface area contributed by atoms with E-state index in [2.05, 4.69) is 0 Å². The average Bonchev–Trinajstić information content (AvgIpc) is 3.02. The number of benzene rings is 2. The van der Waals surface area contributed by atoms with Crippen LogP contribution in [-0.2, 0) is 0 Å². The van der Waals surface area contributed by atoms with E-state index in [1.165, 1.54) is 17.0 Å². The summed E-state index contributed by atoms with van der Waals surface area (Å²) in [7, 11) is 0. The Kier molecular flexibility index (Phi) is 5.69. The smallest absolute Gasteiger partial charge is 0.261 e. The Morgan fingerprint density at radius 3 is 2.09 bits per heavy atom. The zero-order valence-corrected chi connectivity index (χ0v) is 18.1. The first-order valence-electron chi connectivity index (χ1n) is 10.6. The largest absolute Gasteiger partial charge is 0.507 e. The number of phenolic OH excluding ortho intramolecular Hbond substituents is 1. The Morgan fingerprint density at radius 2 is 1.47 bits per heavy atom. The lowest BCUT2D eigenvalue weighted by atomic mass is 10.0. The molecule has 0 spiro atoms. The number of phenols is 1. The predicted molar refractivity (Wildman–Crippen MR) is 117 cm³/mol. The quantitative estimate of drug-likeness (QED) is 0.743. The van der Waals surface area contributed by atoms with Crippen molar-refractivity contribution in [3.63, 3.8) is 0 Å². The molecule has 0 aliphatic carbocycles. The lowest BCUT2D eigenvalue weighted by Gasteiger charge is -2.35. The van der Waals surface area contributed by atoms with Gasteiger partial charge in [0.15, 0.2) is 0 Å². The molecule has 2 aromatic carbocycles. The fourth-order valence-corrected chi connectivity index (χ4v) is 4.07. The van der Waals surface area contributed by atoms with Crippen molar-refractivity contribution in [2.45, 2.75) is 13.8 Å². The number of imide groups is 1. The second kappa shape index (κ2) is 8.45. The molecular weight excluding hydrogens is 410 g/mol. The van der Waals surface area contributed by atoms with Crippen molar-refractivity contribution in [1.82, 2.24) is 14.7 Å². The van der Waals surface area contributed by atoms with E-state index in [0.29, 0.717) is 43.9 Å². The molecule has 2 heterocycles. The van der Waals surface area contributed by atoms with Gasteiger partial charge in [-0.1, -0.05) is 26.0 Å². The zero-order valence-electron chi connectivity index (χ0n) is 18.1. The van der Waals surface area contributed by atoms with Gasteiger partial charge in [-0.05, 0) is 36.2 Å². The van der Waals surface area contributed by atoms with Gasteiger partial charge in [0.1, 0.15) is 5.75 Å². The number of fused-ring (bicyclic) bond motifs is 1. The minimum atomic E-state index is -0.369. The number of hydrogen-bond donors (Lipinski definition) is 1. The summed E-state index contributed by atoms with van der Waals surface area (Å²) in [6.45, 7) is 5.54. The normalized spacial score (nSPS) is 16.0. The summed E-state index contributed by atoms with van der Waals surface area (Å²) in [6.07, 6.45) is 0. The molecule has 2 aliphatic heterocycles. The average molecular weight is 435 g/mol. The third-order valence-corrected chi connectivity index (χ3v) is 5.75. The van der Waals surface area contributed by atoms with Crippen LogP contribution in [0.25, 0.3) is 0 Å². The number of para-hydroxylation sites is 1. The summed E-state index contributed by atoms with van der Waals surface area (Å²) < 4.78 is 0. The van der Waals surface area contributed by atoms with Gasteiger partial charge in [-0.15, -0.1) is 0 Å². The van der Waals surface area contributed by atoms with Crippen LogP contribution in [-0.4, -0.2) is 76.2 Å². The predicted octanol–water partition coefficient (Wildman–Crippen LogP) is 2.24. The van der Waals surface area contributed by atoms with Gasteiger partial charge >= 0.3 is 0 Å². The van der Waals surface area contributed by atoms with E-state index < -0.39 is 0 Å². The first-order chi connectivity index (χ1) is 15.3. The van der Waals surface area contributed by atoms with Crippen LogP contribution in [0.2, 0.25) is 0 Å². The molecule has 1 fully saturated rings. The number of carbonyl (C=O) groups excluding carboxylic acids is 4. The van der Waals surface area contributed by atoms with Crippen LogP contribution in [0, 0.1) is 5.92 Å². The van der Waals surface area contributed by atoms with Crippen LogP contribution < -0.4 is 0 Å². The molecule has 2 aliphatic rings. The highest BCUT2D eigenvalue weighted by molar-refractivity contribution is 6.22. The van der Waals surface area contributed by atoms with Crippen molar-refractivity contribution in [1.29, 1.82) is 0 Å². The summed E-state index contributed by atoms with van der Waals surface area (Å²) >= 11 is 0. The highest BCUT2D eigenvalue weighted by atomic mass is 16.3. The summed E-state index contributed by atoms with van der Waals surface area (Å²) in [4.78, 5) is 55.4. The molecule has 0 unspecified atom stereocenters. The molecule has 0 saturated carbocycles. The molecule has 1 saturated heterocycles. The summed E-state index contributed by atoms with van der Waals surface area (Å²) in [5.74, 6) is -1.14. The van der Waals surface area contributed by atoms with E-state index in [4.69, 9.17) is 0 Å². The SMILES string of the molecule is CC(C)CN1C(=O)c2ccc(C(=O)N3CCN(C(=O)c4ccccc4O)CC3)cc2C1=O. The van der Waals surface area contributed by atoms with E-state index in [0.717, 1.165) is 0 Å². The van der Waals surface area contributed by atoms with E-state index in [1.807, 2.05) is 13.8 Å². The number of piperazine rings is 1. The maximum atomic E-state index is 13.0. The molecule has 0 atom stereocenters. The van der Waals surface area contributed by atoms with Crippen molar-refractivity contribution >= 4 is 23.6 Å². The van der Waals surface area contributed by atoms with Crippen molar-refractivity contribution in [2.75, 3.05) is 32.7 Å². The van der Waals surface area contributed by atoms with Crippen molar-refractivity contribution < 1.29 is 24.3 Å². The first-order valence-corrected chi connectivity index (χ1v) is 10.6. The van der Waals surface area contributed by atoms with E-state index in [-0.39, 0.29) is 46.4 Å². The summed E-state index contributed by atoms with van der Waals surface area (Å²) in [6, 6.07) is 11.0. The van der Waals surface area contributed by atoms with Crippen molar-refractivity contribution in [3.8, 4) is 5.75 Å². The highest BCUT2D eigenvalue weighted by Gasteiger charge is 2.36. The van der Waals surface area contributed by atoms with Gasteiger partial charge in [0, 0.05) is 38.3 Å². The van der Waals surface area contributed by atoms with Crippen LogP contribution in [0.1, 0.15) is 55.3 Å². The van der Waals surface area contributed by atoms with Gasteiger partial charge in [-0.25, -0.2) is 0 Å². The van der Waals surface area contributed by atoms with Crippen LogP contribution in [0.3, 0.4) is 0 Å². The lowest BCUT2D eigenvalue weighted by molar-refractivity contribution is 0.0533. The number of rotatable bonds is 4. The molecule has 32 heavy (non-hydrogen) atoms. The molecule has 2 aromatic rings. The topological polar surface area (TPSA) is 98.2 Å². The third-order valence-electron chi connectivity index (χ3n) is 5.75. The lowest BCUT2D eigenvalue weighted by Crippen LogP contribution is -2.50. The Hall–Kier alpha value is -3.68. The Labute approximate surface area is 186 Å². The molecule has 0 bridgehead atoms. The molecule has 0 radical (unpaired) electrons. The van der Waals surface area contributed by atoms with Gasteiger partial charge < -0.3 is 14.9 Å². The summed E-state index contributed by atoms with van der Waals surface area (Å²) in [5.41, 5.74) is 1.16. The molecule has 4 rings (SSSR count). The molecular formula is C24H25N3O5. The maximum absolute atomic E-state index is 13.0. The number of carbonyl (C=O) groups is 4. The van der Waals surface area contributed by atoms with Gasteiger partial charge in [-0.3, -0.25) is 24.1 Å². The fourth-order valence-electron chi connectivity index (χ4n) is 4.07. The van der Waals surface area contributed by atoms with Gasteiger partial charge in [0.25, 0.3) is 23.6 Å². The van der Waals surface area contributed by atoms with E-state index in [1.54, 1.807) is 40.1 Å². The molecule has 8 nitrogen and oxygen atoms in total. The third kappa shape index (κ3) is 3.84. The maximum Gasteiger partial charge on any atom is 0.261 e. The number of amides is 4. The minimum absolute atomic E-state index is 0.0696. The summed E-state index contributed by atoms with van der Waals surface area (Å²) in [5, 5.41) is 9.92. The molecule has 166 valence electrons. The first kappa shape index (κ1) is 21.5. The Bertz CT molecular complexity index is 1100.